The lowest BCUT2D eigenvalue weighted by Gasteiger charge is -2.26. The van der Waals surface area contributed by atoms with Crippen molar-refractivity contribution in [3.63, 3.8) is 0 Å². The predicted molar refractivity (Wildman–Crippen MR) is 142 cm³/mol. The van der Waals surface area contributed by atoms with Gasteiger partial charge in [-0.05, 0) is 41.2 Å². The molecule has 186 valence electrons. The van der Waals surface area contributed by atoms with Crippen molar-refractivity contribution in [1.29, 1.82) is 0 Å². The first-order valence-electron chi connectivity index (χ1n) is 12.8. The number of amides is 2. The Bertz CT molecular complexity index is 834. The summed E-state index contributed by atoms with van der Waals surface area (Å²) >= 11 is 0. The van der Waals surface area contributed by atoms with Gasteiger partial charge in [-0.1, -0.05) is 109 Å². The molecule has 0 spiro atoms. The van der Waals surface area contributed by atoms with Gasteiger partial charge in [0.1, 0.15) is 6.04 Å². The van der Waals surface area contributed by atoms with Crippen LogP contribution >= 0.6 is 0 Å². The maximum absolute atomic E-state index is 13.1. The SMILES string of the molecule is CCC(C)C(NC(=O)CC(C)CC(C)(C)C)C(=O)NCCC(c1ccccc1)c1ccccc1. The van der Waals surface area contributed by atoms with Crippen molar-refractivity contribution in [3.8, 4) is 0 Å². The summed E-state index contributed by atoms with van der Waals surface area (Å²) in [6.45, 7) is 13.3. The Kier molecular flexibility index (Phi) is 10.8. The summed E-state index contributed by atoms with van der Waals surface area (Å²) in [5.41, 5.74) is 2.66. The number of benzene rings is 2. The van der Waals surface area contributed by atoms with Crippen molar-refractivity contribution >= 4 is 11.8 Å². The minimum absolute atomic E-state index is 0.0383. The number of hydrogen-bond acceptors (Lipinski definition) is 2. The summed E-state index contributed by atoms with van der Waals surface area (Å²) < 4.78 is 0. The first-order valence-corrected chi connectivity index (χ1v) is 12.8. The molecule has 3 atom stereocenters. The third kappa shape index (κ3) is 9.32. The van der Waals surface area contributed by atoms with Crippen molar-refractivity contribution < 1.29 is 9.59 Å². The standard InChI is InChI=1S/C30H44N2O2/c1-7-23(3)28(32-27(33)20-22(2)21-30(4,5)6)29(34)31-19-18-26(24-14-10-8-11-15-24)25-16-12-9-13-17-25/h8-17,22-23,26,28H,7,18-21H2,1-6H3,(H,31,34)(H,32,33). The lowest BCUT2D eigenvalue weighted by atomic mass is 9.84. The summed E-state index contributed by atoms with van der Waals surface area (Å²) in [6, 6.07) is 20.3. The molecule has 2 aromatic rings. The predicted octanol–water partition coefficient (Wildman–Crippen LogP) is 6.32. The van der Waals surface area contributed by atoms with Crippen molar-refractivity contribution in [2.75, 3.05) is 6.54 Å². The van der Waals surface area contributed by atoms with E-state index in [1.54, 1.807) is 0 Å². The van der Waals surface area contributed by atoms with Gasteiger partial charge in [-0.15, -0.1) is 0 Å². The fraction of sp³-hybridized carbons (Fsp3) is 0.533. The number of hydrogen-bond donors (Lipinski definition) is 2. The third-order valence-electron chi connectivity index (χ3n) is 6.44. The third-order valence-corrected chi connectivity index (χ3v) is 6.44. The van der Waals surface area contributed by atoms with Crippen molar-refractivity contribution in [1.82, 2.24) is 10.6 Å². The number of carbonyl (C=O) groups is 2. The van der Waals surface area contributed by atoms with Gasteiger partial charge in [0.25, 0.3) is 0 Å². The van der Waals surface area contributed by atoms with Gasteiger partial charge in [0, 0.05) is 18.9 Å². The van der Waals surface area contributed by atoms with Crippen molar-refractivity contribution in [2.24, 2.45) is 17.3 Å². The molecular weight excluding hydrogens is 420 g/mol. The van der Waals surface area contributed by atoms with Crippen LogP contribution in [0.25, 0.3) is 0 Å². The van der Waals surface area contributed by atoms with E-state index in [2.05, 4.69) is 93.8 Å². The van der Waals surface area contributed by atoms with Gasteiger partial charge >= 0.3 is 0 Å². The molecule has 2 N–H and O–H groups in total. The number of nitrogens with one attached hydrogen (secondary N) is 2. The summed E-state index contributed by atoms with van der Waals surface area (Å²) in [4.78, 5) is 25.9. The summed E-state index contributed by atoms with van der Waals surface area (Å²) in [5, 5.41) is 6.15. The maximum Gasteiger partial charge on any atom is 0.242 e. The molecule has 2 amide bonds. The van der Waals surface area contributed by atoms with Crippen LogP contribution in [-0.2, 0) is 9.59 Å². The molecular formula is C30H44N2O2. The Labute approximate surface area is 206 Å². The van der Waals surface area contributed by atoms with Gasteiger partial charge in [-0.3, -0.25) is 9.59 Å². The molecule has 34 heavy (non-hydrogen) atoms. The van der Waals surface area contributed by atoms with Crippen LogP contribution in [-0.4, -0.2) is 24.4 Å². The Hall–Kier alpha value is -2.62. The van der Waals surface area contributed by atoms with E-state index in [1.807, 2.05) is 19.1 Å². The van der Waals surface area contributed by atoms with Crippen LogP contribution in [0.4, 0.5) is 0 Å². The zero-order valence-corrected chi connectivity index (χ0v) is 21.9. The van der Waals surface area contributed by atoms with Gasteiger partial charge in [0.2, 0.25) is 11.8 Å². The van der Waals surface area contributed by atoms with Gasteiger partial charge < -0.3 is 10.6 Å². The van der Waals surface area contributed by atoms with Crippen LogP contribution < -0.4 is 10.6 Å². The molecule has 0 saturated carbocycles. The van der Waals surface area contributed by atoms with E-state index >= 15 is 0 Å². The molecule has 2 rings (SSSR count). The molecule has 0 aromatic heterocycles. The summed E-state index contributed by atoms with van der Waals surface area (Å²) in [6.07, 6.45) is 3.04. The highest BCUT2D eigenvalue weighted by molar-refractivity contribution is 5.87. The van der Waals surface area contributed by atoms with E-state index in [-0.39, 0.29) is 35.0 Å². The van der Waals surface area contributed by atoms with E-state index in [1.165, 1.54) is 11.1 Å². The molecule has 0 bridgehead atoms. The molecule has 2 aromatic carbocycles. The van der Waals surface area contributed by atoms with E-state index in [4.69, 9.17) is 0 Å². The largest absolute Gasteiger partial charge is 0.354 e. The first-order chi connectivity index (χ1) is 16.1. The average Bonchev–Trinajstić information content (AvgIpc) is 2.79. The minimum atomic E-state index is -0.508. The fourth-order valence-electron chi connectivity index (χ4n) is 4.71. The Morgan fingerprint density at radius 3 is 1.88 bits per heavy atom. The lowest BCUT2D eigenvalue weighted by molar-refractivity contribution is -0.130. The molecule has 3 unspecified atom stereocenters. The molecule has 4 heteroatoms. The summed E-state index contributed by atoms with van der Waals surface area (Å²) in [7, 11) is 0. The smallest absolute Gasteiger partial charge is 0.242 e. The quantitative estimate of drug-likeness (QED) is 0.386. The molecule has 0 aliphatic rings. The van der Waals surface area contributed by atoms with Crippen LogP contribution in [0.2, 0.25) is 0 Å². The van der Waals surface area contributed by atoms with Gasteiger partial charge in [0.15, 0.2) is 0 Å². The van der Waals surface area contributed by atoms with Crippen LogP contribution in [0.15, 0.2) is 60.7 Å². The molecule has 0 aliphatic heterocycles. The lowest BCUT2D eigenvalue weighted by Crippen LogP contribution is -2.50. The molecule has 0 fully saturated rings. The first kappa shape index (κ1) is 27.6. The topological polar surface area (TPSA) is 58.2 Å². The van der Waals surface area contributed by atoms with E-state index in [0.29, 0.717) is 13.0 Å². The normalized spacial score (nSPS) is 14.3. The minimum Gasteiger partial charge on any atom is -0.354 e. The van der Waals surface area contributed by atoms with E-state index in [0.717, 1.165) is 19.3 Å². The van der Waals surface area contributed by atoms with Crippen molar-refractivity contribution in [2.45, 2.75) is 79.2 Å². The zero-order valence-electron chi connectivity index (χ0n) is 21.9. The second-order valence-electron chi connectivity index (χ2n) is 11.0. The fourth-order valence-corrected chi connectivity index (χ4v) is 4.71. The number of rotatable bonds is 12. The van der Waals surface area contributed by atoms with E-state index in [9.17, 15) is 9.59 Å². The van der Waals surface area contributed by atoms with E-state index < -0.39 is 6.04 Å². The second kappa shape index (κ2) is 13.3. The summed E-state index contributed by atoms with van der Waals surface area (Å²) in [5.74, 6) is 0.423. The van der Waals surface area contributed by atoms with Crippen LogP contribution in [0.1, 0.15) is 84.3 Å². The van der Waals surface area contributed by atoms with Crippen LogP contribution in [0.3, 0.4) is 0 Å². The highest BCUT2D eigenvalue weighted by Crippen LogP contribution is 2.28. The Balaban J connectivity index is 2.00. The Morgan fingerprint density at radius 1 is 0.882 bits per heavy atom. The van der Waals surface area contributed by atoms with Crippen LogP contribution in [0, 0.1) is 17.3 Å². The highest BCUT2D eigenvalue weighted by atomic mass is 16.2. The van der Waals surface area contributed by atoms with Gasteiger partial charge in [-0.25, -0.2) is 0 Å². The molecule has 0 heterocycles. The van der Waals surface area contributed by atoms with Gasteiger partial charge in [0.05, 0.1) is 0 Å². The molecule has 0 radical (unpaired) electrons. The highest BCUT2D eigenvalue weighted by Gasteiger charge is 2.27. The van der Waals surface area contributed by atoms with Crippen LogP contribution in [0.5, 0.6) is 0 Å². The van der Waals surface area contributed by atoms with Gasteiger partial charge in [-0.2, -0.15) is 0 Å². The maximum atomic E-state index is 13.1. The van der Waals surface area contributed by atoms with Crippen molar-refractivity contribution in [3.05, 3.63) is 71.8 Å². The monoisotopic (exact) mass is 464 g/mol. The second-order valence-corrected chi connectivity index (χ2v) is 11.0. The Morgan fingerprint density at radius 2 is 1.41 bits per heavy atom. The molecule has 4 nitrogen and oxygen atoms in total. The zero-order chi connectivity index (χ0) is 25.1. The molecule has 0 aliphatic carbocycles. The number of carbonyl (C=O) groups excluding carboxylic acids is 2. The molecule has 0 saturated heterocycles. The average molecular weight is 465 g/mol.